The van der Waals surface area contributed by atoms with Crippen LogP contribution in [0.1, 0.15) is 0 Å². The van der Waals surface area contributed by atoms with Crippen LogP contribution in [0.15, 0.2) is 0 Å². The first-order chi connectivity index (χ1) is 7.24. The van der Waals surface area contributed by atoms with E-state index in [2.05, 4.69) is 32.5 Å². The van der Waals surface area contributed by atoms with E-state index in [1.165, 1.54) is 0 Å². The van der Waals surface area contributed by atoms with Gasteiger partial charge in [-0.25, -0.2) is 0 Å². The maximum absolute atomic E-state index is 8.10. The summed E-state index contributed by atoms with van der Waals surface area (Å²) in [4.78, 5) is 0. The number of ether oxygens (including phenoxy) is 1. The Kier molecular flexibility index (Phi) is 38.8. The van der Waals surface area contributed by atoms with Gasteiger partial charge in [-0.2, -0.15) is 0 Å². The summed E-state index contributed by atoms with van der Waals surface area (Å²) in [5.74, 6) is 4.62. The maximum atomic E-state index is 8.10. The molecule has 0 bridgehead atoms. The van der Waals surface area contributed by atoms with Crippen molar-refractivity contribution in [3.63, 3.8) is 0 Å². The summed E-state index contributed by atoms with van der Waals surface area (Å²) >= 11 is 3.01. The summed E-state index contributed by atoms with van der Waals surface area (Å²) in [6.45, 7) is 0.423. The van der Waals surface area contributed by atoms with E-state index in [1.807, 2.05) is 0 Å². The second-order valence-electron chi connectivity index (χ2n) is 1.77. The number of alkyl halides is 1. The van der Waals surface area contributed by atoms with Gasteiger partial charge in [-0.15, -0.1) is 12.8 Å². The molecule has 0 radical (unpaired) electrons. The van der Waals surface area contributed by atoms with Crippen molar-refractivity contribution in [3.05, 3.63) is 0 Å². The molecule has 5 heteroatoms. The number of rotatable bonds is 4. The van der Waals surface area contributed by atoms with Crippen molar-refractivity contribution in [2.24, 2.45) is 0 Å². The van der Waals surface area contributed by atoms with E-state index in [4.69, 9.17) is 28.2 Å². The van der Waals surface area contributed by atoms with Crippen LogP contribution < -0.4 is 0 Å². The van der Waals surface area contributed by atoms with Gasteiger partial charge in [0, 0.05) is 0 Å². The standard InChI is InChI=1S/C5H8O2.C3H3Br.C2H6O2/c1-2-4-7-5-3-6;1-2-3-4;3-1-2-4/h1,6H,3-5H2;1H,3H2;3-4H,1-2H2. The van der Waals surface area contributed by atoms with Gasteiger partial charge in [0.2, 0.25) is 0 Å². The summed E-state index contributed by atoms with van der Waals surface area (Å²) in [5, 5.41) is 24.0. The Morgan fingerprint density at radius 2 is 1.47 bits per heavy atom. The Balaban J connectivity index is -0.000000155. The van der Waals surface area contributed by atoms with Crippen molar-refractivity contribution in [1.82, 2.24) is 0 Å². The smallest absolute Gasteiger partial charge is 0.107 e. The van der Waals surface area contributed by atoms with Gasteiger partial charge in [-0.05, 0) is 0 Å². The largest absolute Gasteiger partial charge is 0.394 e. The van der Waals surface area contributed by atoms with E-state index in [0.29, 0.717) is 18.5 Å². The SMILES string of the molecule is C#CCBr.C#CCOCCO.OCCO. The third-order valence-electron chi connectivity index (χ3n) is 0.598. The Morgan fingerprint density at radius 1 is 1.00 bits per heavy atom. The Hall–Kier alpha value is -0.560. The Morgan fingerprint density at radius 3 is 1.67 bits per heavy atom. The summed E-state index contributed by atoms with van der Waals surface area (Å²) < 4.78 is 4.65. The summed E-state index contributed by atoms with van der Waals surface area (Å²) in [6.07, 6.45) is 9.54. The first kappa shape index (κ1) is 19.9. The van der Waals surface area contributed by atoms with E-state index in [0.717, 1.165) is 0 Å². The molecule has 0 saturated heterocycles. The van der Waals surface area contributed by atoms with Gasteiger partial charge in [-0.1, -0.05) is 27.8 Å². The lowest BCUT2D eigenvalue weighted by atomic mass is 10.7. The van der Waals surface area contributed by atoms with Crippen LogP contribution in [0.4, 0.5) is 0 Å². The lowest BCUT2D eigenvalue weighted by Gasteiger charge is -1.90. The van der Waals surface area contributed by atoms with Crippen LogP contribution >= 0.6 is 15.9 Å². The van der Waals surface area contributed by atoms with Crippen molar-refractivity contribution in [2.45, 2.75) is 0 Å². The van der Waals surface area contributed by atoms with Gasteiger partial charge >= 0.3 is 0 Å². The number of hydrogen-bond acceptors (Lipinski definition) is 4. The van der Waals surface area contributed by atoms with E-state index in [-0.39, 0.29) is 19.8 Å². The molecule has 0 heterocycles. The average molecular weight is 281 g/mol. The first-order valence-corrected chi connectivity index (χ1v) is 5.20. The van der Waals surface area contributed by atoms with Gasteiger partial charge in [0.25, 0.3) is 0 Å². The van der Waals surface area contributed by atoms with E-state index in [9.17, 15) is 0 Å². The fourth-order valence-electron chi connectivity index (χ4n) is 0.196. The van der Waals surface area contributed by atoms with Crippen LogP contribution in [0.2, 0.25) is 0 Å². The zero-order chi connectivity index (χ0) is 12.4. The number of aliphatic hydroxyl groups excluding tert-OH is 3. The second kappa shape index (κ2) is 29.2. The van der Waals surface area contributed by atoms with Crippen molar-refractivity contribution < 1.29 is 20.1 Å². The molecule has 4 nitrogen and oxygen atoms in total. The van der Waals surface area contributed by atoms with Gasteiger partial charge in [0.15, 0.2) is 0 Å². The highest BCUT2D eigenvalue weighted by Crippen LogP contribution is 1.68. The minimum atomic E-state index is -0.125. The molecule has 0 aromatic rings. The number of hydrogen-bond donors (Lipinski definition) is 3. The molecule has 0 amide bonds. The minimum Gasteiger partial charge on any atom is -0.394 e. The molecule has 15 heavy (non-hydrogen) atoms. The molecule has 3 N–H and O–H groups in total. The van der Waals surface area contributed by atoms with Crippen LogP contribution in [0.5, 0.6) is 0 Å². The van der Waals surface area contributed by atoms with E-state index < -0.39 is 0 Å². The molecular weight excluding hydrogens is 264 g/mol. The quantitative estimate of drug-likeness (QED) is 0.373. The van der Waals surface area contributed by atoms with Gasteiger partial charge < -0.3 is 20.1 Å². The molecule has 0 fully saturated rings. The molecule has 0 aromatic heterocycles. The molecule has 0 rings (SSSR count). The molecule has 0 aliphatic heterocycles. The summed E-state index contributed by atoms with van der Waals surface area (Å²) in [6, 6.07) is 0. The fourth-order valence-corrected chi connectivity index (χ4v) is 0.196. The third kappa shape index (κ3) is 59.4. The fraction of sp³-hybridized carbons (Fsp3) is 0.600. The molecule has 0 spiro atoms. The lowest BCUT2D eigenvalue weighted by Crippen LogP contribution is -1.97. The highest BCUT2D eigenvalue weighted by molar-refractivity contribution is 9.09. The number of aliphatic hydroxyl groups is 3. The molecule has 0 aromatic carbocycles. The highest BCUT2D eigenvalue weighted by atomic mass is 79.9. The second-order valence-corrected chi connectivity index (χ2v) is 2.33. The first-order valence-electron chi connectivity index (χ1n) is 4.08. The predicted molar refractivity (Wildman–Crippen MR) is 63.5 cm³/mol. The van der Waals surface area contributed by atoms with Crippen molar-refractivity contribution in [3.8, 4) is 24.7 Å². The van der Waals surface area contributed by atoms with Gasteiger partial charge in [0.1, 0.15) is 6.61 Å². The topological polar surface area (TPSA) is 69.9 Å². The molecule has 0 aliphatic carbocycles. The van der Waals surface area contributed by atoms with Crippen LogP contribution in [0.25, 0.3) is 0 Å². The summed E-state index contributed by atoms with van der Waals surface area (Å²) in [7, 11) is 0. The zero-order valence-corrected chi connectivity index (χ0v) is 10.1. The van der Waals surface area contributed by atoms with Crippen LogP contribution in [0.3, 0.4) is 0 Å². The monoisotopic (exact) mass is 280 g/mol. The van der Waals surface area contributed by atoms with Crippen molar-refractivity contribution in [1.29, 1.82) is 0 Å². The molecular formula is C10H17BrO4. The van der Waals surface area contributed by atoms with Crippen LogP contribution in [-0.2, 0) is 4.74 Å². The molecule has 0 atom stereocenters. The number of terminal acetylenes is 2. The minimum absolute atomic E-state index is 0.0433. The average Bonchev–Trinajstić information content (AvgIpc) is 2.30. The zero-order valence-electron chi connectivity index (χ0n) is 8.53. The maximum Gasteiger partial charge on any atom is 0.107 e. The van der Waals surface area contributed by atoms with E-state index >= 15 is 0 Å². The van der Waals surface area contributed by atoms with Crippen molar-refractivity contribution in [2.75, 3.05) is 38.4 Å². The van der Waals surface area contributed by atoms with E-state index in [1.54, 1.807) is 0 Å². The molecule has 88 valence electrons. The lowest BCUT2D eigenvalue weighted by molar-refractivity contribution is 0.115. The highest BCUT2D eigenvalue weighted by Gasteiger charge is 1.76. The summed E-state index contributed by atoms with van der Waals surface area (Å²) in [5.41, 5.74) is 0. The molecule has 0 saturated carbocycles. The Labute approximate surface area is 99.4 Å². The normalized spacial score (nSPS) is 7.07. The van der Waals surface area contributed by atoms with Crippen LogP contribution in [0, 0.1) is 24.7 Å². The van der Waals surface area contributed by atoms with Gasteiger partial charge in [0.05, 0.1) is 31.8 Å². The number of halogens is 1. The Bertz CT molecular complexity index is 158. The van der Waals surface area contributed by atoms with Gasteiger partial charge in [-0.3, -0.25) is 0 Å². The van der Waals surface area contributed by atoms with Crippen molar-refractivity contribution >= 4 is 15.9 Å². The van der Waals surface area contributed by atoms with Crippen LogP contribution in [-0.4, -0.2) is 53.7 Å². The molecule has 0 unspecified atom stereocenters. The third-order valence-corrected chi connectivity index (χ3v) is 0.922. The molecule has 0 aliphatic rings. The predicted octanol–water partition coefficient (Wildman–Crippen LogP) is -0.386.